The molecule has 0 unspecified atom stereocenters. The number of carbonyl (C=O) groups excluding carboxylic acids is 2. The summed E-state index contributed by atoms with van der Waals surface area (Å²) >= 11 is 0. The molecule has 0 radical (unpaired) electrons. The van der Waals surface area contributed by atoms with E-state index < -0.39 is 17.4 Å². The minimum absolute atomic E-state index is 0.0863. The molecule has 9 heteroatoms. The molecule has 0 aliphatic rings. The number of ketones is 1. The number of anilines is 1. The maximum absolute atomic E-state index is 13.6. The molecule has 1 amide bonds. The Morgan fingerprint density at radius 1 is 1.00 bits per heavy atom. The fourth-order valence-corrected chi connectivity index (χ4v) is 3.87. The molecule has 4 rings (SSSR count). The molecule has 2 aromatic heterocycles. The van der Waals surface area contributed by atoms with Gasteiger partial charge >= 0.3 is 0 Å². The number of methoxy groups -OCH3 is 1. The zero-order valence-electron chi connectivity index (χ0n) is 21.2. The first-order valence-electron chi connectivity index (χ1n) is 11.9. The number of rotatable bonds is 9. The van der Waals surface area contributed by atoms with E-state index in [2.05, 4.69) is 15.6 Å². The number of halogens is 1. The normalized spacial score (nSPS) is 11.6. The van der Waals surface area contributed by atoms with Crippen molar-refractivity contribution in [2.45, 2.75) is 19.5 Å². The molecule has 2 heterocycles. The van der Waals surface area contributed by atoms with E-state index in [9.17, 15) is 18.8 Å². The molecule has 0 saturated heterocycles. The first kappa shape index (κ1) is 26.4. The number of nitrogens with one attached hydrogen (secondary N) is 2. The van der Waals surface area contributed by atoms with E-state index in [1.165, 1.54) is 35.0 Å². The van der Waals surface area contributed by atoms with Crippen molar-refractivity contribution in [3.05, 3.63) is 112 Å². The second-order valence-electron chi connectivity index (χ2n) is 8.67. The topological polar surface area (TPSA) is 102 Å². The molecule has 0 fully saturated rings. The van der Waals surface area contributed by atoms with E-state index in [1.807, 2.05) is 12.1 Å². The lowest BCUT2D eigenvalue weighted by Crippen LogP contribution is -2.37. The predicted molar refractivity (Wildman–Crippen MR) is 143 cm³/mol. The van der Waals surface area contributed by atoms with Gasteiger partial charge in [-0.2, -0.15) is 0 Å². The number of hydrogen-bond donors (Lipinski definition) is 2. The van der Waals surface area contributed by atoms with Gasteiger partial charge in [0.1, 0.15) is 17.3 Å². The number of benzene rings is 2. The summed E-state index contributed by atoms with van der Waals surface area (Å²) in [6.45, 7) is 1.78. The molecular weight excluding hydrogens is 487 g/mol. The minimum atomic E-state index is -0.498. The van der Waals surface area contributed by atoms with Gasteiger partial charge < -0.3 is 19.9 Å². The van der Waals surface area contributed by atoms with Gasteiger partial charge in [-0.15, -0.1) is 0 Å². The van der Waals surface area contributed by atoms with Crippen LogP contribution in [0.15, 0.2) is 83.9 Å². The lowest BCUT2D eigenvalue weighted by molar-refractivity contribution is -0.117. The van der Waals surface area contributed by atoms with Gasteiger partial charge in [0.05, 0.1) is 25.4 Å². The Kier molecular flexibility index (Phi) is 8.08. The number of amides is 1. The second kappa shape index (κ2) is 11.6. The highest BCUT2D eigenvalue weighted by Gasteiger charge is 2.17. The smallest absolute Gasteiger partial charge is 0.275 e. The molecule has 1 atom stereocenters. The van der Waals surface area contributed by atoms with Gasteiger partial charge in [-0.25, -0.2) is 4.39 Å². The van der Waals surface area contributed by atoms with Crippen molar-refractivity contribution in [1.82, 2.24) is 14.9 Å². The summed E-state index contributed by atoms with van der Waals surface area (Å²) in [5.74, 6) is -0.426. The SMILES string of the molecule is CN[C@H](C)C(=O)Nc1ccc(-c2ccc(OC)cc2)n(Cc2cncc(C(=O)c3ccc(F)cc3)c2)c1=O. The zero-order chi connectivity index (χ0) is 27.2. The third kappa shape index (κ3) is 5.84. The molecule has 4 aromatic rings. The summed E-state index contributed by atoms with van der Waals surface area (Å²) < 4.78 is 20.1. The van der Waals surface area contributed by atoms with Crippen LogP contribution < -0.4 is 20.9 Å². The van der Waals surface area contributed by atoms with Crippen LogP contribution in [0.4, 0.5) is 10.1 Å². The highest BCUT2D eigenvalue weighted by atomic mass is 19.1. The largest absolute Gasteiger partial charge is 0.497 e. The second-order valence-corrected chi connectivity index (χ2v) is 8.67. The molecule has 2 aromatic carbocycles. The molecule has 0 bridgehead atoms. The van der Waals surface area contributed by atoms with Crippen LogP contribution in [0.3, 0.4) is 0 Å². The molecule has 0 aliphatic carbocycles. The van der Waals surface area contributed by atoms with Crippen molar-refractivity contribution >= 4 is 17.4 Å². The van der Waals surface area contributed by atoms with Crippen LogP contribution >= 0.6 is 0 Å². The number of pyridine rings is 2. The van der Waals surface area contributed by atoms with Gasteiger partial charge in [-0.05, 0) is 91.8 Å². The lowest BCUT2D eigenvalue weighted by atomic mass is 10.0. The summed E-state index contributed by atoms with van der Waals surface area (Å²) in [7, 11) is 3.23. The van der Waals surface area contributed by atoms with Crippen molar-refractivity contribution in [3.8, 4) is 17.0 Å². The van der Waals surface area contributed by atoms with Gasteiger partial charge in [-0.1, -0.05) is 0 Å². The summed E-state index contributed by atoms with van der Waals surface area (Å²) in [6, 6.07) is 17.0. The first-order chi connectivity index (χ1) is 18.3. The Balaban J connectivity index is 1.74. The van der Waals surface area contributed by atoms with Crippen LogP contribution in [0.25, 0.3) is 11.3 Å². The Hall–Kier alpha value is -4.63. The fourth-order valence-electron chi connectivity index (χ4n) is 3.87. The van der Waals surface area contributed by atoms with Crippen LogP contribution in [0.5, 0.6) is 5.75 Å². The van der Waals surface area contributed by atoms with Gasteiger partial charge in [0.2, 0.25) is 5.91 Å². The van der Waals surface area contributed by atoms with E-state index >= 15 is 0 Å². The highest BCUT2D eigenvalue weighted by molar-refractivity contribution is 6.08. The van der Waals surface area contributed by atoms with Crippen molar-refractivity contribution in [3.63, 3.8) is 0 Å². The number of aromatic nitrogens is 2. The van der Waals surface area contributed by atoms with Crippen molar-refractivity contribution in [2.75, 3.05) is 19.5 Å². The molecule has 8 nitrogen and oxygen atoms in total. The number of hydrogen-bond acceptors (Lipinski definition) is 6. The number of likely N-dealkylation sites (N-methyl/N-ethyl adjacent to an activating group) is 1. The average Bonchev–Trinajstić information content (AvgIpc) is 2.95. The Bertz CT molecular complexity index is 1520. The van der Waals surface area contributed by atoms with Gasteiger partial charge in [-0.3, -0.25) is 19.4 Å². The van der Waals surface area contributed by atoms with Crippen molar-refractivity contribution in [1.29, 1.82) is 0 Å². The maximum atomic E-state index is 13.6. The summed E-state index contributed by atoms with van der Waals surface area (Å²) in [5.41, 5.74) is 2.31. The monoisotopic (exact) mass is 514 g/mol. The molecule has 0 aliphatic heterocycles. The molecule has 0 spiro atoms. The summed E-state index contributed by atoms with van der Waals surface area (Å²) in [6.07, 6.45) is 3.00. The first-order valence-corrected chi connectivity index (χ1v) is 11.9. The van der Waals surface area contributed by atoms with E-state index in [0.29, 0.717) is 28.1 Å². The highest BCUT2D eigenvalue weighted by Crippen LogP contribution is 2.24. The van der Waals surface area contributed by atoms with Crippen molar-refractivity contribution < 1.29 is 18.7 Å². The standard InChI is InChI=1S/C29H27FN4O4/c1-18(31-2)28(36)33-25-12-13-26(20-6-10-24(38-3)11-7-20)34(29(25)37)17-19-14-22(16-32-15-19)27(35)21-4-8-23(30)9-5-21/h4-16,18,31H,17H2,1-3H3,(H,33,36)/t18-/m1/s1. The Labute approximate surface area is 219 Å². The molecule has 0 saturated carbocycles. The third-order valence-electron chi connectivity index (χ3n) is 6.15. The van der Waals surface area contributed by atoms with E-state index in [1.54, 1.807) is 57.6 Å². The van der Waals surface area contributed by atoms with Gasteiger partial charge in [0, 0.05) is 23.5 Å². The van der Waals surface area contributed by atoms with E-state index in [-0.39, 0.29) is 23.9 Å². The molecule has 38 heavy (non-hydrogen) atoms. The number of carbonyl (C=O) groups is 2. The van der Waals surface area contributed by atoms with E-state index in [0.717, 1.165) is 5.56 Å². The van der Waals surface area contributed by atoms with Gasteiger partial charge in [0.15, 0.2) is 5.78 Å². The summed E-state index contributed by atoms with van der Waals surface area (Å²) in [4.78, 5) is 43.2. The zero-order valence-corrected chi connectivity index (χ0v) is 21.2. The average molecular weight is 515 g/mol. The molecular formula is C29H27FN4O4. The minimum Gasteiger partial charge on any atom is -0.497 e. The number of nitrogens with zero attached hydrogens (tertiary/aromatic N) is 2. The quantitative estimate of drug-likeness (QED) is 0.329. The Morgan fingerprint density at radius 3 is 2.37 bits per heavy atom. The van der Waals surface area contributed by atoms with E-state index in [4.69, 9.17) is 4.74 Å². The van der Waals surface area contributed by atoms with Crippen molar-refractivity contribution in [2.24, 2.45) is 0 Å². The lowest BCUT2D eigenvalue weighted by Gasteiger charge is -2.17. The molecule has 194 valence electrons. The van der Waals surface area contributed by atoms with Crippen LogP contribution in [-0.4, -0.2) is 41.4 Å². The fraction of sp³-hybridized carbons (Fsp3) is 0.172. The summed E-state index contributed by atoms with van der Waals surface area (Å²) in [5, 5.41) is 5.53. The predicted octanol–water partition coefficient (Wildman–Crippen LogP) is 3.88. The third-order valence-corrected chi connectivity index (χ3v) is 6.15. The Morgan fingerprint density at radius 2 is 1.71 bits per heavy atom. The maximum Gasteiger partial charge on any atom is 0.275 e. The van der Waals surface area contributed by atoms with Gasteiger partial charge in [0.25, 0.3) is 5.56 Å². The number of ether oxygens (including phenoxy) is 1. The van der Waals surface area contributed by atoms with Crippen LogP contribution in [0, 0.1) is 5.82 Å². The molecule has 2 N–H and O–H groups in total. The van der Waals surface area contributed by atoms with Crippen LogP contribution in [0.2, 0.25) is 0 Å². The van der Waals surface area contributed by atoms with Crippen LogP contribution in [-0.2, 0) is 11.3 Å². The van der Waals surface area contributed by atoms with Crippen LogP contribution in [0.1, 0.15) is 28.4 Å².